The molecular formula is C18H18N2O4. The number of rotatable bonds is 4. The standard InChI is InChI=1S/C18H18N2O4/c1-11-4-5-13(8-12(11)2)19-17(21)10-20-14-6-7-24-16(14)9-15(20)18(22)23-3/h4-9H,10H2,1-3H3,(H,19,21). The van der Waals surface area contributed by atoms with Gasteiger partial charge in [0.05, 0.1) is 18.9 Å². The molecule has 1 N–H and O–H groups in total. The Balaban J connectivity index is 1.85. The highest BCUT2D eigenvalue weighted by atomic mass is 16.5. The van der Waals surface area contributed by atoms with Crippen molar-refractivity contribution in [2.45, 2.75) is 20.4 Å². The average molecular weight is 326 g/mol. The molecule has 124 valence electrons. The Kier molecular flexibility index (Phi) is 4.12. The number of esters is 1. The summed E-state index contributed by atoms with van der Waals surface area (Å²) in [6, 6.07) is 9.01. The van der Waals surface area contributed by atoms with Gasteiger partial charge in [-0.15, -0.1) is 0 Å². The molecule has 1 aromatic carbocycles. The molecule has 6 nitrogen and oxygen atoms in total. The van der Waals surface area contributed by atoms with Crippen LogP contribution in [-0.4, -0.2) is 23.6 Å². The molecule has 0 radical (unpaired) electrons. The number of fused-ring (bicyclic) bond motifs is 1. The van der Waals surface area contributed by atoms with Gasteiger partial charge in [-0.2, -0.15) is 0 Å². The highest BCUT2D eigenvalue weighted by Gasteiger charge is 2.19. The topological polar surface area (TPSA) is 73.5 Å². The maximum absolute atomic E-state index is 12.4. The van der Waals surface area contributed by atoms with Crippen LogP contribution in [0.5, 0.6) is 0 Å². The van der Waals surface area contributed by atoms with Gasteiger partial charge in [0, 0.05) is 17.8 Å². The quantitative estimate of drug-likeness (QED) is 0.747. The summed E-state index contributed by atoms with van der Waals surface area (Å²) in [5.74, 6) is -0.748. The van der Waals surface area contributed by atoms with Crippen molar-refractivity contribution < 1.29 is 18.7 Å². The summed E-state index contributed by atoms with van der Waals surface area (Å²) in [5.41, 5.74) is 4.47. The van der Waals surface area contributed by atoms with Crippen LogP contribution in [0.4, 0.5) is 5.69 Å². The van der Waals surface area contributed by atoms with Crippen LogP contribution in [0.15, 0.2) is 41.0 Å². The van der Waals surface area contributed by atoms with Crippen LogP contribution in [-0.2, 0) is 16.1 Å². The first-order chi connectivity index (χ1) is 11.5. The van der Waals surface area contributed by atoms with E-state index in [-0.39, 0.29) is 18.1 Å². The molecule has 0 aliphatic rings. The zero-order valence-corrected chi connectivity index (χ0v) is 13.8. The van der Waals surface area contributed by atoms with Crippen molar-refractivity contribution in [3.05, 3.63) is 53.4 Å². The van der Waals surface area contributed by atoms with E-state index in [0.717, 1.165) is 16.8 Å². The molecule has 0 atom stereocenters. The van der Waals surface area contributed by atoms with Crippen LogP contribution >= 0.6 is 0 Å². The Morgan fingerprint density at radius 1 is 1.17 bits per heavy atom. The molecule has 0 spiro atoms. The largest absolute Gasteiger partial charge is 0.464 e. The number of methoxy groups -OCH3 is 1. The van der Waals surface area contributed by atoms with Crippen molar-refractivity contribution in [1.82, 2.24) is 4.57 Å². The number of amides is 1. The van der Waals surface area contributed by atoms with Crippen molar-refractivity contribution in [2.24, 2.45) is 0 Å². The zero-order valence-electron chi connectivity index (χ0n) is 13.8. The number of furan rings is 1. The molecule has 0 saturated heterocycles. The minimum atomic E-state index is -0.514. The van der Waals surface area contributed by atoms with Gasteiger partial charge in [0.15, 0.2) is 5.58 Å². The Hall–Kier alpha value is -3.02. The van der Waals surface area contributed by atoms with Crippen LogP contribution in [0.3, 0.4) is 0 Å². The lowest BCUT2D eigenvalue weighted by molar-refractivity contribution is -0.116. The number of benzene rings is 1. The number of nitrogens with one attached hydrogen (secondary N) is 1. The van der Waals surface area contributed by atoms with Crippen LogP contribution in [0.2, 0.25) is 0 Å². The van der Waals surface area contributed by atoms with Gasteiger partial charge in [0.2, 0.25) is 5.91 Å². The van der Waals surface area contributed by atoms with Gasteiger partial charge in [-0.05, 0) is 37.1 Å². The lowest BCUT2D eigenvalue weighted by Gasteiger charge is -2.10. The number of hydrogen-bond acceptors (Lipinski definition) is 4. The molecule has 2 heterocycles. The smallest absolute Gasteiger partial charge is 0.354 e. The summed E-state index contributed by atoms with van der Waals surface area (Å²) in [4.78, 5) is 24.3. The number of ether oxygens (including phenoxy) is 1. The predicted molar refractivity (Wildman–Crippen MR) is 90.1 cm³/mol. The number of aromatic nitrogens is 1. The SMILES string of the molecule is COC(=O)c1cc2occc2n1CC(=O)Nc1ccc(C)c(C)c1. The van der Waals surface area contributed by atoms with E-state index in [9.17, 15) is 9.59 Å². The fraction of sp³-hybridized carbons (Fsp3) is 0.222. The maximum Gasteiger partial charge on any atom is 0.354 e. The molecular weight excluding hydrogens is 308 g/mol. The minimum absolute atomic E-state index is 0.0135. The Labute approximate surface area is 139 Å². The second-order valence-electron chi connectivity index (χ2n) is 5.62. The second kappa shape index (κ2) is 6.23. The molecule has 1 amide bonds. The third-order valence-corrected chi connectivity index (χ3v) is 4.01. The van der Waals surface area contributed by atoms with Crippen LogP contribution in [0.1, 0.15) is 21.6 Å². The number of anilines is 1. The Bertz CT molecular complexity index is 920. The predicted octanol–water partition coefficient (Wildman–Crippen LogP) is 3.28. The lowest BCUT2D eigenvalue weighted by Crippen LogP contribution is -2.21. The lowest BCUT2D eigenvalue weighted by atomic mass is 10.1. The van der Waals surface area contributed by atoms with Crippen molar-refractivity contribution >= 4 is 28.7 Å². The number of carbonyl (C=O) groups is 2. The highest BCUT2D eigenvalue weighted by molar-refractivity contribution is 5.97. The summed E-state index contributed by atoms with van der Waals surface area (Å²) in [5, 5.41) is 2.85. The molecule has 24 heavy (non-hydrogen) atoms. The molecule has 6 heteroatoms. The van der Waals surface area contributed by atoms with Gasteiger partial charge in [0.1, 0.15) is 12.2 Å². The van der Waals surface area contributed by atoms with E-state index in [2.05, 4.69) is 5.32 Å². The van der Waals surface area contributed by atoms with Crippen molar-refractivity contribution in [3.8, 4) is 0 Å². The molecule has 0 unspecified atom stereocenters. The molecule has 0 bridgehead atoms. The number of carbonyl (C=O) groups excluding carboxylic acids is 2. The van der Waals surface area contributed by atoms with Gasteiger partial charge in [0.25, 0.3) is 0 Å². The van der Waals surface area contributed by atoms with Gasteiger partial charge in [-0.1, -0.05) is 6.07 Å². The molecule has 2 aromatic heterocycles. The summed E-state index contributed by atoms with van der Waals surface area (Å²) < 4.78 is 11.7. The summed E-state index contributed by atoms with van der Waals surface area (Å²) in [6.07, 6.45) is 1.52. The van der Waals surface area contributed by atoms with E-state index in [1.807, 2.05) is 32.0 Å². The summed E-state index contributed by atoms with van der Waals surface area (Å²) in [7, 11) is 1.30. The van der Waals surface area contributed by atoms with Crippen molar-refractivity contribution in [1.29, 1.82) is 0 Å². The molecule has 0 saturated carbocycles. The zero-order chi connectivity index (χ0) is 17.3. The van der Waals surface area contributed by atoms with Gasteiger partial charge in [-0.3, -0.25) is 4.79 Å². The van der Waals surface area contributed by atoms with Crippen LogP contribution in [0.25, 0.3) is 11.1 Å². The second-order valence-corrected chi connectivity index (χ2v) is 5.62. The number of aryl methyl sites for hydroxylation is 2. The van der Waals surface area contributed by atoms with Crippen molar-refractivity contribution in [3.63, 3.8) is 0 Å². The number of nitrogens with zero attached hydrogens (tertiary/aromatic N) is 1. The summed E-state index contributed by atoms with van der Waals surface area (Å²) in [6.45, 7) is 3.99. The fourth-order valence-electron chi connectivity index (χ4n) is 2.58. The third-order valence-electron chi connectivity index (χ3n) is 4.01. The number of hydrogen-bond donors (Lipinski definition) is 1. The van der Waals surface area contributed by atoms with E-state index < -0.39 is 5.97 Å². The van der Waals surface area contributed by atoms with E-state index in [1.54, 1.807) is 16.7 Å². The normalized spacial score (nSPS) is 10.8. The van der Waals surface area contributed by atoms with E-state index >= 15 is 0 Å². The van der Waals surface area contributed by atoms with Crippen LogP contribution in [0, 0.1) is 13.8 Å². The Morgan fingerprint density at radius 2 is 1.96 bits per heavy atom. The van der Waals surface area contributed by atoms with E-state index in [1.165, 1.54) is 13.4 Å². The third kappa shape index (κ3) is 2.90. The maximum atomic E-state index is 12.4. The van der Waals surface area contributed by atoms with Gasteiger partial charge < -0.3 is 19.0 Å². The molecule has 3 aromatic rings. The van der Waals surface area contributed by atoms with Crippen molar-refractivity contribution in [2.75, 3.05) is 12.4 Å². The summed E-state index contributed by atoms with van der Waals surface area (Å²) >= 11 is 0. The molecule has 0 aliphatic carbocycles. The molecule has 0 aliphatic heterocycles. The molecule has 0 fully saturated rings. The van der Waals surface area contributed by atoms with Gasteiger partial charge >= 0.3 is 5.97 Å². The van der Waals surface area contributed by atoms with Gasteiger partial charge in [-0.25, -0.2) is 4.79 Å². The first kappa shape index (κ1) is 15.9. The first-order valence-corrected chi connectivity index (χ1v) is 7.51. The molecule has 3 rings (SSSR count). The highest BCUT2D eigenvalue weighted by Crippen LogP contribution is 2.22. The average Bonchev–Trinajstić information content (AvgIpc) is 3.13. The Morgan fingerprint density at radius 3 is 2.67 bits per heavy atom. The monoisotopic (exact) mass is 326 g/mol. The van der Waals surface area contributed by atoms with Crippen LogP contribution < -0.4 is 5.32 Å². The fourth-order valence-corrected chi connectivity index (χ4v) is 2.58. The first-order valence-electron chi connectivity index (χ1n) is 7.51. The minimum Gasteiger partial charge on any atom is -0.464 e. The van der Waals surface area contributed by atoms with E-state index in [4.69, 9.17) is 9.15 Å². The van der Waals surface area contributed by atoms with E-state index in [0.29, 0.717) is 11.1 Å².